The minimum atomic E-state index is -0.287. The van der Waals surface area contributed by atoms with Crippen molar-refractivity contribution in [2.24, 2.45) is 0 Å². The summed E-state index contributed by atoms with van der Waals surface area (Å²) in [6.07, 6.45) is 9.34. The summed E-state index contributed by atoms with van der Waals surface area (Å²) < 4.78 is 21.1. The second-order valence-electron chi connectivity index (χ2n) is 8.55. The molecule has 0 radical (unpaired) electrons. The Hall–Kier alpha value is -3.06. The first-order valence-corrected chi connectivity index (χ1v) is 11.4. The zero-order chi connectivity index (χ0) is 21.9. The Morgan fingerprint density at radius 3 is 2.75 bits per heavy atom. The molecule has 1 fully saturated rings. The molecule has 7 heteroatoms. The fraction of sp³-hybridized carbons (Fsp3) is 0.400. The average Bonchev–Trinajstić information content (AvgIpc) is 3.48. The van der Waals surface area contributed by atoms with Crippen LogP contribution in [0.3, 0.4) is 0 Å². The number of pyridine rings is 1. The molecule has 1 atom stereocenters. The zero-order valence-electron chi connectivity index (χ0n) is 18.0. The lowest BCUT2D eigenvalue weighted by molar-refractivity contribution is 0.0501. The predicted molar refractivity (Wildman–Crippen MR) is 118 cm³/mol. The van der Waals surface area contributed by atoms with E-state index in [1.165, 1.54) is 12.1 Å². The summed E-state index contributed by atoms with van der Waals surface area (Å²) in [5, 5.41) is 4.78. The van der Waals surface area contributed by atoms with Gasteiger partial charge in [-0.2, -0.15) is 5.10 Å². The first-order valence-electron chi connectivity index (χ1n) is 11.4. The van der Waals surface area contributed by atoms with Gasteiger partial charge in [-0.15, -0.1) is 0 Å². The van der Waals surface area contributed by atoms with Crippen LogP contribution in [-0.4, -0.2) is 44.8 Å². The number of halogens is 1. The number of amides is 1. The molecule has 0 N–H and O–H groups in total. The third kappa shape index (κ3) is 4.30. The van der Waals surface area contributed by atoms with Gasteiger partial charge in [0.1, 0.15) is 5.82 Å². The van der Waals surface area contributed by atoms with Gasteiger partial charge < -0.3 is 9.64 Å². The molecule has 2 aliphatic rings. The van der Waals surface area contributed by atoms with Crippen LogP contribution in [-0.2, 0) is 24.1 Å². The number of nitrogens with zero attached hydrogens (tertiary/aromatic N) is 4. The Labute approximate surface area is 187 Å². The largest absolute Gasteiger partial charge is 0.376 e. The number of carbonyl (C=O) groups excluding carboxylic acids is 1. The molecule has 32 heavy (non-hydrogen) atoms. The molecular formula is C25H27FN4O2. The maximum Gasteiger partial charge on any atom is 0.275 e. The van der Waals surface area contributed by atoms with E-state index in [2.05, 4.69) is 4.98 Å². The van der Waals surface area contributed by atoms with Gasteiger partial charge in [0.25, 0.3) is 5.91 Å². The number of hydrogen-bond donors (Lipinski definition) is 0. The van der Waals surface area contributed by atoms with Crippen molar-refractivity contribution in [2.45, 2.75) is 51.2 Å². The summed E-state index contributed by atoms with van der Waals surface area (Å²) in [4.78, 5) is 19.9. The van der Waals surface area contributed by atoms with Crippen LogP contribution in [0.4, 0.5) is 4.39 Å². The maximum atomic E-state index is 13.8. The SMILES string of the molecule is O=C(c1nn(-c2ccc(F)cc2)c2c1CCCC2)N(Cc1cccnc1)CC1CCCO1. The van der Waals surface area contributed by atoms with E-state index in [4.69, 9.17) is 9.84 Å². The molecule has 0 spiro atoms. The number of hydrogen-bond acceptors (Lipinski definition) is 4. The molecule has 1 amide bonds. The Bertz CT molecular complexity index is 1080. The smallest absolute Gasteiger partial charge is 0.275 e. The van der Waals surface area contributed by atoms with Crippen molar-refractivity contribution in [3.8, 4) is 5.69 Å². The quantitative estimate of drug-likeness (QED) is 0.586. The minimum Gasteiger partial charge on any atom is -0.376 e. The fourth-order valence-corrected chi connectivity index (χ4v) is 4.68. The number of ether oxygens (including phenoxy) is 1. The van der Waals surface area contributed by atoms with E-state index < -0.39 is 0 Å². The van der Waals surface area contributed by atoms with Gasteiger partial charge in [0.05, 0.1) is 11.8 Å². The molecule has 0 bridgehead atoms. The van der Waals surface area contributed by atoms with Gasteiger partial charge in [0.15, 0.2) is 5.69 Å². The number of benzene rings is 1. The Morgan fingerprint density at radius 1 is 1.16 bits per heavy atom. The molecule has 1 aromatic carbocycles. The molecule has 166 valence electrons. The van der Waals surface area contributed by atoms with E-state index >= 15 is 0 Å². The molecule has 3 heterocycles. The van der Waals surface area contributed by atoms with Crippen molar-refractivity contribution in [1.29, 1.82) is 0 Å². The highest BCUT2D eigenvalue weighted by atomic mass is 19.1. The van der Waals surface area contributed by atoms with Crippen LogP contribution in [0.5, 0.6) is 0 Å². The van der Waals surface area contributed by atoms with Crippen molar-refractivity contribution >= 4 is 5.91 Å². The first-order chi connectivity index (χ1) is 15.7. The van der Waals surface area contributed by atoms with Crippen LogP contribution < -0.4 is 0 Å². The Morgan fingerprint density at radius 2 is 2.00 bits per heavy atom. The lowest BCUT2D eigenvalue weighted by Crippen LogP contribution is -2.37. The van der Waals surface area contributed by atoms with E-state index in [-0.39, 0.29) is 17.8 Å². The van der Waals surface area contributed by atoms with Gasteiger partial charge in [-0.05, 0) is 74.4 Å². The Kier molecular flexibility index (Phi) is 5.99. The minimum absolute atomic E-state index is 0.0469. The van der Waals surface area contributed by atoms with E-state index in [1.807, 2.05) is 21.7 Å². The van der Waals surface area contributed by atoms with Crippen molar-refractivity contribution in [3.63, 3.8) is 0 Å². The van der Waals surface area contributed by atoms with Crippen LogP contribution in [0.15, 0.2) is 48.8 Å². The normalized spacial score (nSPS) is 17.8. The fourth-order valence-electron chi connectivity index (χ4n) is 4.68. The standard InChI is InChI=1S/C25H27FN4O2/c26-19-9-11-20(12-10-19)30-23-8-2-1-7-22(23)24(28-30)25(31)29(17-21-6-4-14-32-21)16-18-5-3-13-27-15-18/h3,5,9-13,15,21H,1-2,4,6-8,14,16-17H2. The molecule has 1 unspecified atom stereocenters. The van der Waals surface area contributed by atoms with Gasteiger partial charge in [-0.25, -0.2) is 9.07 Å². The van der Waals surface area contributed by atoms with Gasteiger partial charge in [0, 0.05) is 43.3 Å². The highest BCUT2D eigenvalue weighted by Gasteiger charge is 2.30. The van der Waals surface area contributed by atoms with Gasteiger partial charge in [-0.1, -0.05) is 6.07 Å². The predicted octanol–water partition coefficient (Wildman–Crippen LogP) is 4.11. The third-order valence-corrected chi connectivity index (χ3v) is 6.29. The molecule has 3 aromatic rings. The van der Waals surface area contributed by atoms with Gasteiger partial charge in [-0.3, -0.25) is 9.78 Å². The van der Waals surface area contributed by atoms with Crippen LogP contribution in [0.25, 0.3) is 5.69 Å². The molecule has 6 nitrogen and oxygen atoms in total. The molecule has 0 saturated carbocycles. The van der Waals surface area contributed by atoms with Crippen LogP contribution >= 0.6 is 0 Å². The summed E-state index contributed by atoms with van der Waals surface area (Å²) in [5.41, 5.74) is 4.34. The van der Waals surface area contributed by atoms with E-state index in [1.54, 1.807) is 24.5 Å². The molecule has 2 aromatic heterocycles. The summed E-state index contributed by atoms with van der Waals surface area (Å²) in [6.45, 7) is 1.74. The lowest BCUT2D eigenvalue weighted by Gasteiger charge is -2.25. The summed E-state index contributed by atoms with van der Waals surface area (Å²) in [6, 6.07) is 10.2. The van der Waals surface area contributed by atoms with Crippen molar-refractivity contribution in [2.75, 3.05) is 13.2 Å². The van der Waals surface area contributed by atoms with Crippen LogP contribution in [0.2, 0.25) is 0 Å². The first kappa shape index (κ1) is 20.8. The molecule has 5 rings (SSSR count). The monoisotopic (exact) mass is 434 g/mol. The second kappa shape index (κ2) is 9.20. The number of fused-ring (bicyclic) bond motifs is 1. The Balaban J connectivity index is 1.50. The third-order valence-electron chi connectivity index (χ3n) is 6.29. The summed E-state index contributed by atoms with van der Waals surface area (Å²) in [5.74, 6) is -0.367. The van der Waals surface area contributed by atoms with Crippen molar-refractivity contribution < 1.29 is 13.9 Å². The van der Waals surface area contributed by atoms with E-state index in [0.717, 1.165) is 67.6 Å². The molecule has 1 aliphatic heterocycles. The van der Waals surface area contributed by atoms with E-state index in [0.29, 0.717) is 18.8 Å². The van der Waals surface area contributed by atoms with Crippen molar-refractivity contribution in [3.05, 3.63) is 77.1 Å². The van der Waals surface area contributed by atoms with E-state index in [9.17, 15) is 9.18 Å². The number of rotatable bonds is 6. The highest BCUT2D eigenvalue weighted by Crippen LogP contribution is 2.28. The van der Waals surface area contributed by atoms with Gasteiger partial charge in [0.2, 0.25) is 0 Å². The zero-order valence-corrected chi connectivity index (χ0v) is 18.0. The number of carbonyl (C=O) groups is 1. The lowest BCUT2D eigenvalue weighted by atomic mass is 9.95. The van der Waals surface area contributed by atoms with Crippen LogP contribution in [0.1, 0.15) is 53.0 Å². The molecule has 1 saturated heterocycles. The van der Waals surface area contributed by atoms with Crippen molar-refractivity contribution in [1.82, 2.24) is 19.7 Å². The molecule has 1 aliphatic carbocycles. The number of aromatic nitrogens is 3. The second-order valence-corrected chi connectivity index (χ2v) is 8.55. The topological polar surface area (TPSA) is 60.2 Å². The average molecular weight is 435 g/mol. The maximum absolute atomic E-state index is 13.8. The highest BCUT2D eigenvalue weighted by molar-refractivity contribution is 5.94. The summed E-state index contributed by atoms with van der Waals surface area (Å²) in [7, 11) is 0. The van der Waals surface area contributed by atoms with Crippen LogP contribution in [0, 0.1) is 5.82 Å². The molecular weight excluding hydrogens is 407 g/mol. The summed E-state index contributed by atoms with van der Waals surface area (Å²) >= 11 is 0. The van der Waals surface area contributed by atoms with Gasteiger partial charge >= 0.3 is 0 Å².